The molecular formula is C16H22Cl2N2O. The quantitative estimate of drug-likeness (QED) is 0.839. The number of carbonyl (C=O) groups is 1. The first-order chi connectivity index (χ1) is 9.90. The van der Waals surface area contributed by atoms with E-state index in [-0.39, 0.29) is 5.91 Å². The summed E-state index contributed by atoms with van der Waals surface area (Å²) in [5.74, 6) is 0.0107. The molecule has 1 fully saturated rings. The van der Waals surface area contributed by atoms with Crippen molar-refractivity contribution in [1.29, 1.82) is 0 Å². The van der Waals surface area contributed by atoms with E-state index >= 15 is 0 Å². The third-order valence-electron chi connectivity index (χ3n) is 4.26. The standard InChI is InChI=1S/C16H22Cl2N2O/c1-11(2)20-8-6-13(7-9-20)19(3)16(21)12-4-5-14(17)15(18)10-12/h4-5,10-11,13H,6-9H2,1-3H3. The largest absolute Gasteiger partial charge is 0.339 e. The van der Waals surface area contributed by atoms with Crippen molar-refractivity contribution in [3.05, 3.63) is 33.8 Å². The van der Waals surface area contributed by atoms with Crippen LogP contribution in [-0.2, 0) is 0 Å². The maximum atomic E-state index is 12.5. The van der Waals surface area contributed by atoms with E-state index in [0.29, 0.717) is 27.7 Å². The van der Waals surface area contributed by atoms with Crippen molar-refractivity contribution in [1.82, 2.24) is 9.80 Å². The van der Waals surface area contributed by atoms with Gasteiger partial charge in [0.1, 0.15) is 0 Å². The number of halogens is 2. The zero-order chi connectivity index (χ0) is 15.6. The Balaban J connectivity index is 2.01. The van der Waals surface area contributed by atoms with Crippen LogP contribution < -0.4 is 0 Å². The molecule has 1 amide bonds. The minimum absolute atomic E-state index is 0.0107. The number of carbonyl (C=O) groups excluding carboxylic acids is 1. The van der Waals surface area contributed by atoms with E-state index in [1.165, 1.54) is 0 Å². The maximum Gasteiger partial charge on any atom is 0.253 e. The van der Waals surface area contributed by atoms with E-state index in [4.69, 9.17) is 23.2 Å². The first kappa shape index (κ1) is 16.6. The fourth-order valence-corrected chi connectivity index (χ4v) is 3.09. The summed E-state index contributed by atoms with van der Waals surface area (Å²) >= 11 is 11.9. The summed E-state index contributed by atoms with van der Waals surface area (Å²) in [5, 5.41) is 0.895. The highest BCUT2D eigenvalue weighted by Gasteiger charge is 2.26. The second-order valence-corrected chi connectivity index (χ2v) is 6.72. The average Bonchev–Trinajstić information content (AvgIpc) is 2.48. The molecule has 0 radical (unpaired) electrons. The van der Waals surface area contributed by atoms with Crippen molar-refractivity contribution in [2.24, 2.45) is 0 Å². The second-order valence-electron chi connectivity index (χ2n) is 5.91. The van der Waals surface area contributed by atoms with Gasteiger partial charge in [0.2, 0.25) is 0 Å². The van der Waals surface area contributed by atoms with Gasteiger partial charge in [-0.15, -0.1) is 0 Å². The van der Waals surface area contributed by atoms with Crippen molar-refractivity contribution in [2.75, 3.05) is 20.1 Å². The molecule has 0 spiro atoms. The first-order valence-corrected chi connectivity index (χ1v) is 8.12. The molecule has 1 heterocycles. The highest BCUT2D eigenvalue weighted by Crippen LogP contribution is 2.24. The van der Waals surface area contributed by atoms with E-state index in [1.807, 2.05) is 11.9 Å². The van der Waals surface area contributed by atoms with Crippen LogP contribution in [0, 0.1) is 0 Å². The van der Waals surface area contributed by atoms with E-state index in [0.717, 1.165) is 25.9 Å². The van der Waals surface area contributed by atoms with E-state index in [1.54, 1.807) is 18.2 Å². The molecule has 3 nitrogen and oxygen atoms in total. The lowest BCUT2D eigenvalue weighted by atomic mass is 10.0. The lowest BCUT2D eigenvalue weighted by Crippen LogP contribution is -2.47. The Bertz CT molecular complexity index is 511. The minimum atomic E-state index is 0.0107. The van der Waals surface area contributed by atoms with Gasteiger partial charge in [0.15, 0.2) is 0 Å². The Morgan fingerprint density at radius 2 is 1.86 bits per heavy atom. The highest BCUT2D eigenvalue weighted by molar-refractivity contribution is 6.42. The van der Waals surface area contributed by atoms with Crippen LogP contribution in [0.15, 0.2) is 18.2 Å². The zero-order valence-corrected chi connectivity index (χ0v) is 14.3. The molecule has 0 aliphatic carbocycles. The third-order valence-corrected chi connectivity index (χ3v) is 5.00. The Morgan fingerprint density at radius 3 is 2.38 bits per heavy atom. The van der Waals surface area contributed by atoms with Gasteiger partial charge < -0.3 is 9.80 Å². The molecule has 21 heavy (non-hydrogen) atoms. The van der Waals surface area contributed by atoms with E-state index in [2.05, 4.69) is 18.7 Å². The molecule has 0 N–H and O–H groups in total. The van der Waals surface area contributed by atoms with Crippen molar-refractivity contribution in [2.45, 2.75) is 38.8 Å². The Morgan fingerprint density at radius 1 is 1.24 bits per heavy atom. The van der Waals surface area contributed by atoms with Gasteiger partial charge in [-0.25, -0.2) is 0 Å². The predicted molar refractivity (Wildman–Crippen MR) is 88.3 cm³/mol. The topological polar surface area (TPSA) is 23.6 Å². The summed E-state index contributed by atoms with van der Waals surface area (Å²) in [6.45, 7) is 6.51. The molecule has 0 aromatic heterocycles. The van der Waals surface area contributed by atoms with Crippen molar-refractivity contribution < 1.29 is 4.79 Å². The van der Waals surface area contributed by atoms with E-state index in [9.17, 15) is 4.79 Å². The number of hydrogen-bond acceptors (Lipinski definition) is 2. The molecule has 0 atom stereocenters. The second kappa shape index (κ2) is 6.99. The van der Waals surface area contributed by atoms with Gasteiger partial charge in [0, 0.05) is 37.8 Å². The molecule has 1 saturated heterocycles. The van der Waals surface area contributed by atoms with Crippen LogP contribution in [-0.4, -0.2) is 47.9 Å². The molecule has 1 aliphatic heterocycles. The SMILES string of the molecule is CC(C)N1CCC(N(C)C(=O)c2ccc(Cl)c(Cl)c2)CC1. The van der Waals surface area contributed by atoms with Crippen LogP contribution in [0.2, 0.25) is 10.0 Å². The maximum absolute atomic E-state index is 12.5. The van der Waals surface area contributed by atoms with Crippen LogP contribution in [0.25, 0.3) is 0 Å². The number of nitrogens with zero attached hydrogens (tertiary/aromatic N) is 2. The molecule has 0 saturated carbocycles. The van der Waals surface area contributed by atoms with Crippen LogP contribution in [0.1, 0.15) is 37.0 Å². The van der Waals surface area contributed by atoms with Crippen LogP contribution in [0.4, 0.5) is 0 Å². The zero-order valence-electron chi connectivity index (χ0n) is 12.8. The van der Waals surface area contributed by atoms with Gasteiger partial charge in [-0.2, -0.15) is 0 Å². The number of amides is 1. The molecule has 1 aliphatic rings. The number of hydrogen-bond donors (Lipinski definition) is 0. The normalized spacial score (nSPS) is 17.2. The molecule has 0 unspecified atom stereocenters. The number of likely N-dealkylation sites (tertiary alicyclic amines) is 1. The molecule has 0 bridgehead atoms. The summed E-state index contributed by atoms with van der Waals surface area (Å²) in [4.78, 5) is 16.8. The monoisotopic (exact) mass is 328 g/mol. The van der Waals surface area contributed by atoms with Crippen molar-refractivity contribution in [3.63, 3.8) is 0 Å². The molecule has 116 valence electrons. The lowest BCUT2D eigenvalue weighted by molar-refractivity contribution is 0.0615. The lowest BCUT2D eigenvalue weighted by Gasteiger charge is -2.38. The highest BCUT2D eigenvalue weighted by atomic mass is 35.5. The summed E-state index contributed by atoms with van der Waals surface area (Å²) < 4.78 is 0. The van der Waals surface area contributed by atoms with Gasteiger partial charge in [-0.05, 0) is 44.9 Å². The smallest absolute Gasteiger partial charge is 0.253 e. The predicted octanol–water partition coefficient (Wildman–Crippen LogP) is 3.94. The number of benzene rings is 1. The average molecular weight is 329 g/mol. The first-order valence-electron chi connectivity index (χ1n) is 7.36. The summed E-state index contributed by atoms with van der Waals surface area (Å²) in [6.07, 6.45) is 2.03. The minimum Gasteiger partial charge on any atom is -0.339 e. The van der Waals surface area contributed by atoms with Crippen molar-refractivity contribution >= 4 is 29.1 Å². The van der Waals surface area contributed by atoms with Crippen LogP contribution >= 0.6 is 23.2 Å². The summed E-state index contributed by atoms with van der Waals surface area (Å²) in [6, 6.07) is 5.91. The summed E-state index contributed by atoms with van der Waals surface area (Å²) in [7, 11) is 1.88. The van der Waals surface area contributed by atoms with Crippen LogP contribution in [0.3, 0.4) is 0 Å². The Kier molecular flexibility index (Phi) is 5.53. The third kappa shape index (κ3) is 3.91. The molecular weight excluding hydrogens is 307 g/mol. The van der Waals surface area contributed by atoms with E-state index < -0.39 is 0 Å². The van der Waals surface area contributed by atoms with Crippen LogP contribution in [0.5, 0.6) is 0 Å². The number of piperidine rings is 1. The number of rotatable bonds is 3. The molecule has 2 rings (SSSR count). The molecule has 1 aromatic carbocycles. The Labute approximate surface area is 136 Å². The van der Waals surface area contributed by atoms with Gasteiger partial charge in [-0.1, -0.05) is 23.2 Å². The van der Waals surface area contributed by atoms with Gasteiger partial charge in [0.05, 0.1) is 10.0 Å². The van der Waals surface area contributed by atoms with Gasteiger partial charge >= 0.3 is 0 Å². The molecule has 1 aromatic rings. The fourth-order valence-electron chi connectivity index (χ4n) is 2.79. The summed E-state index contributed by atoms with van der Waals surface area (Å²) in [5.41, 5.74) is 0.596. The van der Waals surface area contributed by atoms with Gasteiger partial charge in [0.25, 0.3) is 5.91 Å². The Hall–Kier alpha value is -0.770. The fraction of sp³-hybridized carbons (Fsp3) is 0.562. The molecule has 5 heteroatoms. The van der Waals surface area contributed by atoms with Crippen molar-refractivity contribution in [3.8, 4) is 0 Å². The van der Waals surface area contributed by atoms with Gasteiger partial charge in [-0.3, -0.25) is 4.79 Å².